The zero-order valence-electron chi connectivity index (χ0n) is 13.0. The molecular formula is C17H15BrClN3O3. The zero-order valence-corrected chi connectivity index (χ0v) is 15.3. The third-order valence-corrected chi connectivity index (χ3v) is 3.93. The summed E-state index contributed by atoms with van der Waals surface area (Å²) in [5.74, 6) is -0.697. The monoisotopic (exact) mass is 423 g/mol. The highest BCUT2D eigenvalue weighted by molar-refractivity contribution is 9.10. The molecule has 8 heteroatoms. The van der Waals surface area contributed by atoms with Gasteiger partial charge < -0.3 is 10.4 Å². The van der Waals surface area contributed by atoms with Crippen LogP contribution < -0.4 is 10.7 Å². The molecular weight excluding hydrogens is 410 g/mol. The summed E-state index contributed by atoms with van der Waals surface area (Å²) in [6, 6.07) is 11.7. The Kier molecular flexibility index (Phi) is 6.97. The Morgan fingerprint density at radius 1 is 1.16 bits per heavy atom. The number of carbonyl (C=O) groups excluding carboxylic acids is 2. The number of nitrogens with one attached hydrogen (secondary N) is 2. The Hall–Kier alpha value is -2.38. The second kappa shape index (κ2) is 9.19. The van der Waals surface area contributed by atoms with Crippen LogP contribution in [0.25, 0.3) is 0 Å². The van der Waals surface area contributed by atoms with Crippen LogP contribution in [0.2, 0.25) is 5.02 Å². The number of phenols is 1. The van der Waals surface area contributed by atoms with Gasteiger partial charge in [0, 0.05) is 22.9 Å². The van der Waals surface area contributed by atoms with Crippen molar-refractivity contribution >= 4 is 51.2 Å². The number of aromatic hydroxyl groups is 1. The number of halogens is 2. The van der Waals surface area contributed by atoms with E-state index >= 15 is 0 Å². The van der Waals surface area contributed by atoms with E-state index < -0.39 is 5.91 Å². The number of amides is 2. The van der Waals surface area contributed by atoms with Crippen molar-refractivity contribution in [2.24, 2.45) is 5.10 Å². The van der Waals surface area contributed by atoms with Crippen molar-refractivity contribution in [1.29, 1.82) is 0 Å². The predicted octanol–water partition coefficient (Wildman–Crippen LogP) is 3.68. The van der Waals surface area contributed by atoms with E-state index in [4.69, 9.17) is 11.6 Å². The number of para-hydroxylation sites is 1. The molecule has 0 atom stereocenters. The first-order valence-corrected chi connectivity index (χ1v) is 8.47. The van der Waals surface area contributed by atoms with Crippen molar-refractivity contribution in [2.45, 2.75) is 12.8 Å². The number of carbonyl (C=O) groups is 2. The molecule has 0 saturated heterocycles. The van der Waals surface area contributed by atoms with Gasteiger partial charge in [0.2, 0.25) is 11.8 Å². The molecule has 0 aliphatic carbocycles. The first-order chi connectivity index (χ1) is 12.0. The van der Waals surface area contributed by atoms with Gasteiger partial charge in [0.1, 0.15) is 5.75 Å². The maximum absolute atomic E-state index is 11.8. The van der Waals surface area contributed by atoms with Gasteiger partial charge in [-0.25, -0.2) is 5.43 Å². The minimum Gasteiger partial charge on any atom is -0.507 e. The van der Waals surface area contributed by atoms with E-state index in [1.165, 1.54) is 12.3 Å². The molecule has 0 aromatic heterocycles. The van der Waals surface area contributed by atoms with Crippen LogP contribution in [0.4, 0.5) is 5.69 Å². The van der Waals surface area contributed by atoms with E-state index in [0.717, 1.165) is 4.47 Å². The summed E-state index contributed by atoms with van der Waals surface area (Å²) < 4.78 is 0.773. The lowest BCUT2D eigenvalue weighted by molar-refractivity contribution is -0.124. The van der Waals surface area contributed by atoms with Crippen LogP contribution in [0.5, 0.6) is 5.75 Å². The minimum atomic E-state index is -0.417. The first kappa shape index (κ1) is 19.0. The fourth-order valence-corrected chi connectivity index (χ4v) is 2.42. The van der Waals surface area contributed by atoms with Gasteiger partial charge in [0.15, 0.2) is 0 Å². The lowest BCUT2D eigenvalue weighted by atomic mass is 10.2. The quantitative estimate of drug-likeness (QED) is 0.488. The van der Waals surface area contributed by atoms with Crippen molar-refractivity contribution < 1.29 is 14.7 Å². The molecule has 25 heavy (non-hydrogen) atoms. The standard InChI is InChI=1S/C17H15BrClN3O3/c18-12-5-6-15(23)11(9-12)10-20-22-17(25)8-7-16(24)21-14-4-2-1-3-13(14)19/h1-6,9-10,23H,7-8H2,(H,21,24)(H,22,25)/b20-10+. The molecule has 0 heterocycles. The summed E-state index contributed by atoms with van der Waals surface area (Å²) in [5.41, 5.74) is 3.25. The summed E-state index contributed by atoms with van der Waals surface area (Å²) in [6.45, 7) is 0. The van der Waals surface area contributed by atoms with E-state index in [0.29, 0.717) is 16.3 Å². The van der Waals surface area contributed by atoms with E-state index in [1.54, 1.807) is 36.4 Å². The SMILES string of the molecule is O=C(CCC(=O)Nc1ccccc1Cl)N/N=C/c1cc(Br)ccc1O. The zero-order chi connectivity index (χ0) is 18.2. The Balaban J connectivity index is 1.78. The third-order valence-electron chi connectivity index (χ3n) is 3.11. The van der Waals surface area contributed by atoms with Gasteiger partial charge in [-0.05, 0) is 30.3 Å². The van der Waals surface area contributed by atoms with Gasteiger partial charge in [-0.1, -0.05) is 39.7 Å². The topological polar surface area (TPSA) is 90.8 Å². The average molecular weight is 425 g/mol. The second-order valence-electron chi connectivity index (χ2n) is 5.02. The molecule has 0 spiro atoms. The molecule has 2 rings (SSSR count). The molecule has 0 aliphatic heterocycles. The van der Waals surface area contributed by atoms with Gasteiger partial charge in [-0.2, -0.15) is 5.10 Å². The Bertz CT molecular complexity index is 811. The number of nitrogens with zero attached hydrogens (tertiary/aromatic N) is 1. The molecule has 0 fully saturated rings. The van der Waals surface area contributed by atoms with Crippen LogP contribution in [0, 0.1) is 0 Å². The number of hydrogen-bond donors (Lipinski definition) is 3. The average Bonchev–Trinajstić information content (AvgIpc) is 2.58. The smallest absolute Gasteiger partial charge is 0.240 e. The molecule has 0 bridgehead atoms. The maximum Gasteiger partial charge on any atom is 0.240 e. The molecule has 2 amide bonds. The lowest BCUT2D eigenvalue weighted by Crippen LogP contribution is -2.20. The van der Waals surface area contributed by atoms with Gasteiger partial charge in [0.05, 0.1) is 16.9 Å². The number of benzene rings is 2. The predicted molar refractivity (Wildman–Crippen MR) is 101 cm³/mol. The van der Waals surface area contributed by atoms with Crippen molar-refractivity contribution in [1.82, 2.24) is 5.43 Å². The molecule has 0 aliphatic rings. The number of hydrazone groups is 1. The largest absolute Gasteiger partial charge is 0.507 e. The van der Waals surface area contributed by atoms with Gasteiger partial charge >= 0.3 is 0 Å². The fraction of sp³-hybridized carbons (Fsp3) is 0.118. The molecule has 130 valence electrons. The Morgan fingerprint density at radius 2 is 1.88 bits per heavy atom. The van der Waals surface area contributed by atoms with Crippen LogP contribution in [-0.4, -0.2) is 23.1 Å². The van der Waals surface area contributed by atoms with Crippen LogP contribution in [0.1, 0.15) is 18.4 Å². The highest BCUT2D eigenvalue weighted by atomic mass is 79.9. The second-order valence-corrected chi connectivity index (χ2v) is 6.35. The van der Waals surface area contributed by atoms with Crippen LogP contribution in [0.15, 0.2) is 52.0 Å². The fourth-order valence-electron chi connectivity index (χ4n) is 1.86. The van der Waals surface area contributed by atoms with Crippen molar-refractivity contribution in [3.8, 4) is 5.75 Å². The highest BCUT2D eigenvalue weighted by Crippen LogP contribution is 2.21. The first-order valence-electron chi connectivity index (χ1n) is 7.30. The number of rotatable bonds is 6. The van der Waals surface area contributed by atoms with Crippen molar-refractivity contribution in [2.75, 3.05) is 5.32 Å². The lowest BCUT2D eigenvalue weighted by Gasteiger charge is -2.06. The molecule has 0 saturated carbocycles. The summed E-state index contributed by atoms with van der Waals surface area (Å²) in [6.07, 6.45) is 1.29. The Labute approximate surface area is 158 Å². The molecule has 2 aromatic carbocycles. The van der Waals surface area contributed by atoms with Crippen molar-refractivity contribution in [3.05, 3.63) is 57.5 Å². The number of anilines is 1. The van der Waals surface area contributed by atoms with Gasteiger partial charge in [-0.15, -0.1) is 0 Å². The molecule has 2 aromatic rings. The van der Waals surface area contributed by atoms with Crippen LogP contribution in [-0.2, 0) is 9.59 Å². The van der Waals surface area contributed by atoms with Gasteiger partial charge in [0.25, 0.3) is 0 Å². The number of hydrogen-bond acceptors (Lipinski definition) is 4. The Morgan fingerprint density at radius 3 is 2.64 bits per heavy atom. The maximum atomic E-state index is 11.8. The van der Waals surface area contributed by atoms with E-state index in [1.807, 2.05) is 0 Å². The summed E-state index contributed by atoms with van der Waals surface area (Å²) in [5, 5.41) is 16.5. The minimum absolute atomic E-state index is 0.00525. The highest BCUT2D eigenvalue weighted by Gasteiger charge is 2.08. The van der Waals surface area contributed by atoms with Crippen LogP contribution >= 0.6 is 27.5 Å². The molecule has 3 N–H and O–H groups in total. The normalized spacial score (nSPS) is 10.6. The molecule has 6 nitrogen and oxygen atoms in total. The van der Waals surface area contributed by atoms with E-state index in [9.17, 15) is 14.7 Å². The third kappa shape index (κ3) is 6.21. The number of phenolic OH excluding ortho intramolecular Hbond substituents is 1. The van der Waals surface area contributed by atoms with Crippen molar-refractivity contribution in [3.63, 3.8) is 0 Å². The van der Waals surface area contributed by atoms with E-state index in [-0.39, 0.29) is 24.5 Å². The summed E-state index contributed by atoms with van der Waals surface area (Å²) in [7, 11) is 0. The summed E-state index contributed by atoms with van der Waals surface area (Å²) in [4.78, 5) is 23.5. The summed E-state index contributed by atoms with van der Waals surface area (Å²) >= 11 is 9.22. The van der Waals surface area contributed by atoms with E-state index in [2.05, 4.69) is 31.8 Å². The molecule has 0 radical (unpaired) electrons. The molecule has 0 unspecified atom stereocenters. The van der Waals surface area contributed by atoms with Crippen LogP contribution in [0.3, 0.4) is 0 Å². The van der Waals surface area contributed by atoms with Gasteiger partial charge in [-0.3, -0.25) is 9.59 Å².